The minimum atomic E-state index is -0.191. The first-order chi connectivity index (χ1) is 11.2. The van der Waals surface area contributed by atoms with Gasteiger partial charge in [-0.2, -0.15) is 0 Å². The molecule has 1 atom stereocenters. The second kappa shape index (κ2) is 6.87. The fraction of sp³-hybridized carbons (Fsp3) is 0.500. The Bertz CT molecular complexity index is 666. The van der Waals surface area contributed by atoms with Crippen LogP contribution in [0.5, 0.6) is 0 Å². The standard InChI is InChI=1S/C16H22N6O/c1-11(2)14(19-16(23)12-5-3-4-7-18-12)15-21-20-13-6-8-17-9-10-22(13)15/h3-5,7,11,14,17H,6,8-10H2,1-2H3,(H,19,23). The highest BCUT2D eigenvalue weighted by Crippen LogP contribution is 2.22. The van der Waals surface area contributed by atoms with Gasteiger partial charge in [-0.1, -0.05) is 19.9 Å². The summed E-state index contributed by atoms with van der Waals surface area (Å²) in [5.41, 5.74) is 0.412. The molecule has 2 N–H and O–H groups in total. The van der Waals surface area contributed by atoms with Gasteiger partial charge >= 0.3 is 0 Å². The third kappa shape index (κ3) is 3.39. The molecule has 1 aliphatic heterocycles. The Hall–Kier alpha value is -2.28. The molecule has 7 nitrogen and oxygen atoms in total. The maximum Gasteiger partial charge on any atom is 0.270 e. The van der Waals surface area contributed by atoms with E-state index in [0.29, 0.717) is 5.69 Å². The van der Waals surface area contributed by atoms with Crippen LogP contribution in [0.15, 0.2) is 24.4 Å². The van der Waals surface area contributed by atoms with Crippen LogP contribution < -0.4 is 10.6 Å². The van der Waals surface area contributed by atoms with Crippen LogP contribution in [0.25, 0.3) is 0 Å². The first kappa shape index (κ1) is 15.6. The minimum absolute atomic E-state index is 0.187. The predicted octanol–water partition coefficient (Wildman–Crippen LogP) is 0.946. The van der Waals surface area contributed by atoms with Gasteiger partial charge in [0.15, 0.2) is 5.82 Å². The summed E-state index contributed by atoms with van der Waals surface area (Å²) in [5, 5.41) is 15.1. The lowest BCUT2D eigenvalue weighted by atomic mass is 10.0. The van der Waals surface area contributed by atoms with E-state index in [0.717, 1.165) is 37.7 Å². The number of rotatable bonds is 4. The van der Waals surface area contributed by atoms with Crippen LogP contribution in [-0.2, 0) is 13.0 Å². The van der Waals surface area contributed by atoms with Gasteiger partial charge in [0.1, 0.15) is 11.5 Å². The smallest absolute Gasteiger partial charge is 0.270 e. The molecule has 3 heterocycles. The Kier molecular flexibility index (Phi) is 4.66. The molecule has 1 aliphatic rings. The molecule has 122 valence electrons. The number of fused-ring (bicyclic) bond motifs is 1. The van der Waals surface area contributed by atoms with Crippen molar-refractivity contribution in [2.75, 3.05) is 13.1 Å². The molecule has 0 radical (unpaired) electrons. The molecule has 1 unspecified atom stereocenters. The Morgan fingerprint density at radius 1 is 1.30 bits per heavy atom. The second-order valence-electron chi connectivity index (χ2n) is 6.04. The molecule has 3 rings (SSSR count). The average Bonchev–Trinajstić information content (AvgIpc) is 2.80. The highest BCUT2D eigenvalue weighted by Gasteiger charge is 2.26. The van der Waals surface area contributed by atoms with Crippen molar-refractivity contribution in [2.24, 2.45) is 5.92 Å². The van der Waals surface area contributed by atoms with E-state index in [1.807, 2.05) is 0 Å². The SMILES string of the molecule is CC(C)C(NC(=O)c1ccccn1)c1nnc2n1CCNCC2. The van der Waals surface area contributed by atoms with Crippen molar-refractivity contribution in [3.8, 4) is 0 Å². The van der Waals surface area contributed by atoms with Crippen LogP contribution in [0.1, 0.15) is 42.0 Å². The summed E-state index contributed by atoms with van der Waals surface area (Å²) in [6.07, 6.45) is 2.47. The van der Waals surface area contributed by atoms with Crippen LogP contribution in [0.3, 0.4) is 0 Å². The summed E-state index contributed by atoms with van der Waals surface area (Å²) in [7, 11) is 0. The van der Waals surface area contributed by atoms with E-state index in [4.69, 9.17) is 0 Å². The maximum atomic E-state index is 12.4. The zero-order valence-electron chi connectivity index (χ0n) is 13.5. The van der Waals surface area contributed by atoms with Gasteiger partial charge in [-0.3, -0.25) is 9.78 Å². The van der Waals surface area contributed by atoms with Crippen molar-refractivity contribution >= 4 is 5.91 Å². The Balaban J connectivity index is 1.85. The van der Waals surface area contributed by atoms with Gasteiger partial charge in [0, 0.05) is 32.3 Å². The molecule has 0 saturated heterocycles. The lowest BCUT2D eigenvalue weighted by Gasteiger charge is -2.22. The van der Waals surface area contributed by atoms with Crippen molar-refractivity contribution in [1.29, 1.82) is 0 Å². The summed E-state index contributed by atoms with van der Waals surface area (Å²) in [5.74, 6) is 1.81. The minimum Gasteiger partial charge on any atom is -0.340 e. The van der Waals surface area contributed by atoms with Crippen molar-refractivity contribution in [3.63, 3.8) is 0 Å². The first-order valence-corrected chi connectivity index (χ1v) is 8.01. The van der Waals surface area contributed by atoms with Gasteiger partial charge in [0.05, 0.1) is 6.04 Å². The van der Waals surface area contributed by atoms with Crippen LogP contribution >= 0.6 is 0 Å². The zero-order chi connectivity index (χ0) is 16.2. The number of pyridine rings is 1. The van der Waals surface area contributed by atoms with Gasteiger partial charge in [0.2, 0.25) is 0 Å². The molecule has 2 aromatic heterocycles. The molecule has 0 spiro atoms. The monoisotopic (exact) mass is 314 g/mol. The molecule has 2 aromatic rings. The summed E-state index contributed by atoms with van der Waals surface area (Å²) in [6, 6.07) is 5.12. The maximum absolute atomic E-state index is 12.4. The first-order valence-electron chi connectivity index (χ1n) is 8.01. The van der Waals surface area contributed by atoms with Gasteiger partial charge in [-0.05, 0) is 18.1 Å². The molecule has 23 heavy (non-hydrogen) atoms. The fourth-order valence-corrected chi connectivity index (χ4v) is 2.77. The summed E-state index contributed by atoms with van der Waals surface area (Å²) < 4.78 is 2.13. The van der Waals surface area contributed by atoms with E-state index in [1.54, 1.807) is 24.4 Å². The molecule has 0 bridgehead atoms. The largest absolute Gasteiger partial charge is 0.340 e. The Morgan fingerprint density at radius 3 is 2.91 bits per heavy atom. The molecular formula is C16H22N6O. The van der Waals surface area contributed by atoms with Gasteiger partial charge in [0.25, 0.3) is 5.91 Å². The number of hydrogen-bond donors (Lipinski definition) is 2. The van der Waals surface area contributed by atoms with Crippen LogP contribution in [0.4, 0.5) is 0 Å². The lowest BCUT2D eigenvalue weighted by Crippen LogP contribution is -2.34. The van der Waals surface area contributed by atoms with Crippen molar-refractivity contribution in [3.05, 3.63) is 41.7 Å². The van der Waals surface area contributed by atoms with Crippen LogP contribution in [0, 0.1) is 5.92 Å². The third-order valence-corrected chi connectivity index (χ3v) is 4.02. The van der Waals surface area contributed by atoms with E-state index in [9.17, 15) is 4.79 Å². The topological polar surface area (TPSA) is 84.7 Å². The highest BCUT2D eigenvalue weighted by atomic mass is 16.2. The number of carbonyl (C=O) groups excluding carboxylic acids is 1. The summed E-state index contributed by atoms with van der Waals surface area (Å²) in [4.78, 5) is 16.6. The number of aromatic nitrogens is 4. The number of nitrogens with one attached hydrogen (secondary N) is 2. The lowest BCUT2D eigenvalue weighted by molar-refractivity contribution is 0.0917. The van der Waals surface area contributed by atoms with Gasteiger partial charge in [-0.25, -0.2) is 0 Å². The number of hydrogen-bond acceptors (Lipinski definition) is 5. The number of nitrogens with zero attached hydrogens (tertiary/aromatic N) is 4. The number of carbonyl (C=O) groups is 1. The molecule has 1 amide bonds. The highest BCUT2D eigenvalue weighted by molar-refractivity contribution is 5.92. The quantitative estimate of drug-likeness (QED) is 0.877. The fourth-order valence-electron chi connectivity index (χ4n) is 2.77. The van der Waals surface area contributed by atoms with Gasteiger partial charge in [-0.15, -0.1) is 10.2 Å². The van der Waals surface area contributed by atoms with Crippen molar-refractivity contribution in [1.82, 2.24) is 30.4 Å². The molecule has 0 aromatic carbocycles. The third-order valence-electron chi connectivity index (χ3n) is 4.02. The van der Waals surface area contributed by atoms with E-state index in [-0.39, 0.29) is 17.9 Å². The summed E-state index contributed by atoms with van der Waals surface area (Å²) >= 11 is 0. The zero-order valence-corrected chi connectivity index (χ0v) is 13.5. The average molecular weight is 314 g/mol. The van der Waals surface area contributed by atoms with E-state index in [2.05, 4.69) is 44.2 Å². The van der Waals surface area contributed by atoms with Crippen LogP contribution in [0.2, 0.25) is 0 Å². The molecule has 0 fully saturated rings. The normalized spacial score (nSPS) is 15.8. The van der Waals surface area contributed by atoms with Crippen molar-refractivity contribution < 1.29 is 4.79 Å². The van der Waals surface area contributed by atoms with Crippen LogP contribution in [-0.4, -0.2) is 38.7 Å². The van der Waals surface area contributed by atoms with E-state index >= 15 is 0 Å². The summed E-state index contributed by atoms with van der Waals surface area (Å²) in [6.45, 7) is 6.75. The molecule has 7 heteroatoms. The van der Waals surface area contributed by atoms with E-state index < -0.39 is 0 Å². The Morgan fingerprint density at radius 2 is 2.17 bits per heavy atom. The van der Waals surface area contributed by atoms with Gasteiger partial charge < -0.3 is 15.2 Å². The molecular weight excluding hydrogens is 292 g/mol. The van der Waals surface area contributed by atoms with Crippen molar-refractivity contribution in [2.45, 2.75) is 32.9 Å². The Labute approximate surface area is 135 Å². The molecule has 0 saturated carbocycles. The van der Waals surface area contributed by atoms with E-state index in [1.165, 1.54) is 0 Å². The second-order valence-corrected chi connectivity index (χ2v) is 6.04. The predicted molar refractivity (Wildman–Crippen MR) is 85.9 cm³/mol. The number of amides is 1. The molecule has 0 aliphatic carbocycles.